The maximum atomic E-state index is 9.04. The average Bonchev–Trinajstić information content (AvgIpc) is 2.40. The standard InChI is InChI=1S/C7H14O3/c1-9-7(8)4-6-2-3-10-5-6/h6-8H,2-5H2,1H3. The van der Waals surface area contributed by atoms with Gasteiger partial charge in [0, 0.05) is 26.7 Å². The quantitative estimate of drug-likeness (QED) is 0.585. The highest BCUT2D eigenvalue weighted by Gasteiger charge is 2.18. The van der Waals surface area contributed by atoms with Crippen LogP contribution >= 0.6 is 0 Å². The molecule has 1 heterocycles. The molecule has 0 spiro atoms. The molecule has 1 saturated heterocycles. The molecule has 1 N–H and O–H groups in total. The minimum absolute atomic E-state index is 0.495. The van der Waals surface area contributed by atoms with Crippen LogP contribution in [-0.4, -0.2) is 31.7 Å². The Morgan fingerprint density at radius 3 is 3.10 bits per heavy atom. The van der Waals surface area contributed by atoms with Crippen molar-refractivity contribution in [3.8, 4) is 0 Å². The Bertz CT molecular complexity index is 88.9. The largest absolute Gasteiger partial charge is 0.381 e. The molecular formula is C7H14O3. The van der Waals surface area contributed by atoms with Crippen molar-refractivity contribution in [1.29, 1.82) is 0 Å². The Morgan fingerprint density at radius 2 is 2.60 bits per heavy atom. The van der Waals surface area contributed by atoms with Crippen molar-refractivity contribution in [2.24, 2.45) is 5.92 Å². The number of aliphatic hydroxyl groups is 1. The summed E-state index contributed by atoms with van der Waals surface area (Å²) in [4.78, 5) is 0. The smallest absolute Gasteiger partial charge is 0.154 e. The zero-order valence-corrected chi connectivity index (χ0v) is 6.25. The van der Waals surface area contributed by atoms with Crippen molar-refractivity contribution in [3.05, 3.63) is 0 Å². The lowest BCUT2D eigenvalue weighted by atomic mass is 10.1. The van der Waals surface area contributed by atoms with Crippen molar-refractivity contribution in [3.63, 3.8) is 0 Å². The first kappa shape index (κ1) is 7.98. The van der Waals surface area contributed by atoms with Crippen LogP contribution in [0.25, 0.3) is 0 Å². The number of methoxy groups -OCH3 is 1. The highest BCUT2D eigenvalue weighted by Crippen LogP contribution is 2.17. The van der Waals surface area contributed by atoms with E-state index in [9.17, 15) is 0 Å². The third-order valence-electron chi connectivity index (χ3n) is 1.83. The first-order valence-corrected chi connectivity index (χ1v) is 3.61. The molecule has 0 bridgehead atoms. The van der Waals surface area contributed by atoms with Gasteiger partial charge in [-0.2, -0.15) is 0 Å². The maximum Gasteiger partial charge on any atom is 0.154 e. The summed E-state index contributed by atoms with van der Waals surface area (Å²) >= 11 is 0. The van der Waals surface area contributed by atoms with Crippen molar-refractivity contribution in [2.75, 3.05) is 20.3 Å². The molecule has 1 aliphatic rings. The molecule has 2 atom stereocenters. The van der Waals surface area contributed by atoms with E-state index in [1.54, 1.807) is 0 Å². The lowest BCUT2D eigenvalue weighted by Crippen LogP contribution is -2.15. The second-order valence-corrected chi connectivity index (χ2v) is 2.66. The van der Waals surface area contributed by atoms with Gasteiger partial charge in [0.1, 0.15) is 0 Å². The lowest BCUT2D eigenvalue weighted by molar-refractivity contribution is -0.0873. The van der Waals surface area contributed by atoms with Gasteiger partial charge in [-0.25, -0.2) is 0 Å². The fourth-order valence-electron chi connectivity index (χ4n) is 1.15. The van der Waals surface area contributed by atoms with Crippen LogP contribution < -0.4 is 0 Å². The van der Waals surface area contributed by atoms with E-state index in [2.05, 4.69) is 0 Å². The fourth-order valence-corrected chi connectivity index (χ4v) is 1.15. The highest BCUT2D eigenvalue weighted by molar-refractivity contribution is 4.64. The number of hydrogen-bond donors (Lipinski definition) is 1. The lowest BCUT2D eigenvalue weighted by Gasteiger charge is -2.11. The van der Waals surface area contributed by atoms with Crippen LogP contribution in [0.5, 0.6) is 0 Å². The van der Waals surface area contributed by atoms with E-state index in [1.165, 1.54) is 7.11 Å². The molecule has 60 valence electrons. The van der Waals surface area contributed by atoms with E-state index >= 15 is 0 Å². The molecule has 0 aromatic rings. The fraction of sp³-hybridized carbons (Fsp3) is 1.00. The topological polar surface area (TPSA) is 38.7 Å². The molecule has 1 fully saturated rings. The van der Waals surface area contributed by atoms with Crippen LogP contribution in [0.3, 0.4) is 0 Å². The monoisotopic (exact) mass is 146 g/mol. The molecule has 0 amide bonds. The van der Waals surface area contributed by atoms with E-state index in [0.29, 0.717) is 12.3 Å². The number of rotatable bonds is 3. The van der Waals surface area contributed by atoms with E-state index in [0.717, 1.165) is 19.6 Å². The number of aliphatic hydroxyl groups excluding tert-OH is 1. The molecule has 0 aromatic carbocycles. The molecule has 3 nitrogen and oxygen atoms in total. The summed E-state index contributed by atoms with van der Waals surface area (Å²) in [6.45, 7) is 1.61. The summed E-state index contributed by atoms with van der Waals surface area (Å²) in [5.74, 6) is 0.495. The third-order valence-corrected chi connectivity index (χ3v) is 1.83. The molecular weight excluding hydrogens is 132 g/mol. The Morgan fingerprint density at radius 1 is 1.80 bits per heavy atom. The molecule has 1 rings (SSSR count). The van der Waals surface area contributed by atoms with Crippen LogP contribution in [0.4, 0.5) is 0 Å². The minimum Gasteiger partial charge on any atom is -0.381 e. The van der Waals surface area contributed by atoms with Crippen LogP contribution in [0.1, 0.15) is 12.8 Å². The minimum atomic E-state index is -0.605. The molecule has 0 aliphatic carbocycles. The summed E-state index contributed by atoms with van der Waals surface area (Å²) in [6, 6.07) is 0. The average molecular weight is 146 g/mol. The molecule has 0 saturated carbocycles. The van der Waals surface area contributed by atoms with E-state index < -0.39 is 6.29 Å². The predicted octanol–water partition coefficient (Wildman–Crippen LogP) is 0.378. The van der Waals surface area contributed by atoms with Gasteiger partial charge in [0.25, 0.3) is 0 Å². The molecule has 0 aromatic heterocycles. The Balaban J connectivity index is 2.11. The normalized spacial score (nSPS) is 28.8. The van der Waals surface area contributed by atoms with Crippen molar-refractivity contribution in [2.45, 2.75) is 19.1 Å². The van der Waals surface area contributed by atoms with Crippen LogP contribution in [0.15, 0.2) is 0 Å². The zero-order valence-electron chi connectivity index (χ0n) is 6.25. The highest BCUT2D eigenvalue weighted by atomic mass is 16.6. The van der Waals surface area contributed by atoms with Gasteiger partial charge in [-0.05, 0) is 12.3 Å². The second-order valence-electron chi connectivity index (χ2n) is 2.66. The SMILES string of the molecule is COC(O)CC1CCOC1. The van der Waals surface area contributed by atoms with E-state index in [-0.39, 0.29) is 0 Å². The van der Waals surface area contributed by atoms with Gasteiger partial charge >= 0.3 is 0 Å². The number of hydrogen-bond acceptors (Lipinski definition) is 3. The van der Waals surface area contributed by atoms with Gasteiger partial charge in [0.2, 0.25) is 0 Å². The molecule has 0 radical (unpaired) electrons. The van der Waals surface area contributed by atoms with E-state index in [4.69, 9.17) is 14.6 Å². The van der Waals surface area contributed by atoms with Crippen molar-refractivity contribution in [1.82, 2.24) is 0 Å². The number of ether oxygens (including phenoxy) is 2. The molecule has 3 heteroatoms. The first-order valence-electron chi connectivity index (χ1n) is 3.61. The maximum absolute atomic E-state index is 9.04. The van der Waals surface area contributed by atoms with Gasteiger partial charge in [-0.3, -0.25) is 0 Å². The first-order chi connectivity index (χ1) is 4.83. The molecule has 2 unspecified atom stereocenters. The zero-order chi connectivity index (χ0) is 7.40. The van der Waals surface area contributed by atoms with Crippen LogP contribution in [-0.2, 0) is 9.47 Å². The Labute approximate surface area is 60.9 Å². The van der Waals surface area contributed by atoms with Gasteiger partial charge in [0.05, 0.1) is 0 Å². The Hall–Kier alpha value is -0.120. The van der Waals surface area contributed by atoms with Gasteiger partial charge in [0.15, 0.2) is 6.29 Å². The summed E-state index contributed by atoms with van der Waals surface area (Å²) in [7, 11) is 1.51. The third kappa shape index (κ3) is 2.25. The molecule has 1 aliphatic heterocycles. The van der Waals surface area contributed by atoms with Gasteiger partial charge in [-0.15, -0.1) is 0 Å². The van der Waals surface area contributed by atoms with E-state index in [1.807, 2.05) is 0 Å². The van der Waals surface area contributed by atoms with Crippen molar-refractivity contribution >= 4 is 0 Å². The predicted molar refractivity (Wildman–Crippen MR) is 36.6 cm³/mol. The van der Waals surface area contributed by atoms with Gasteiger partial charge < -0.3 is 14.6 Å². The van der Waals surface area contributed by atoms with Crippen molar-refractivity contribution < 1.29 is 14.6 Å². The molecule has 10 heavy (non-hydrogen) atoms. The summed E-state index contributed by atoms with van der Waals surface area (Å²) < 4.78 is 9.85. The summed E-state index contributed by atoms with van der Waals surface area (Å²) in [5, 5.41) is 9.04. The Kier molecular flexibility index (Phi) is 3.12. The van der Waals surface area contributed by atoms with Crippen LogP contribution in [0, 0.1) is 5.92 Å². The second kappa shape index (κ2) is 3.91. The van der Waals surface area contributed by atoms with Crippen LogP contribution in [0.2, 0.25) is 0 Å². The summed E-state index contributed by atoms with van der Waals surface area (Å²) in [6.07, 6.45) is 1.16. The summed E-state index contributed by atoms with van der Waals surface area (Å²) in [5.41, 5.74) is 0. The van der Waals surface area contributed by atoms with Gasteiger partial charge in [-0.1, -0.05) is 0 Å².